The maximum Gasteiger partial charge on any atom is 0.247 e. The lowest BCUT2D eigenvalue weighted by molar-refractivity contribution is 0.300. The van der Waals surface area contributed by atoms with Gasteiger partial charge in [0.2, 0.25) is 10.0 Å². The summed E-state index contributed by atoms with van der Waals surface area (Å²) < 4.78 is 43.7. The Bertz CT molecular complexity index is 1250. The van der Waals surface area contributed by atoms with Crippen molar-refractivity contribution in [3.05, 3.63) is 58.9 Å². The average Bonchev–Trinajstić information content (AvgIpc) is 3.17. The van der Waals surface area contributed by atoms with Crippen molar-refractivity contribution < 1.29 is 12.8 Å². The lowest BCUT2D eigenvalue weighted by Gasteiger charge is -2.34. The van der Waals surface area contributed by atoms with E-state index in [2.05, 4.69) is 10.1 Å². The molecule has 1 aromatic carbocycles. The smallest absolute Gasteiger partial charge is 0.247 e. The van der Waals surface area contributed by atoms with E-state index in [4.69, 9.17) is 4.98 Å². The molecule has 2 bridgehead atoms. The number of nitrogens with zero attached hydrogens (tertiary/aromatic N) is 5. The monoisotopic (exact) mass is 427 g/mol. The number of aromatic nitrogens is 4. The van der Waals surface area contributed by atoms with Crippen LogP contribution >= 0.6 is 0 Å². The van der Waals surface area contributed by atoms with Crippen LogP contribution in [0.4, 0.5) is 4.39 Å². The second kappa shape index (κ2) is 6.68. The van der Waals surface area contributed by atoms with Gasteiger partial charge in [0, 0.05) is 36.8 Å². The van der Waals surface area contributed by atoms with Crippen LogP contribution in [0.1, 0.15) is 41.5 Å². The van der Waals surface area contributed by atoms with Crippen LogP contribution in [0.25, 0.3) is 11.4 Å². The van der Waals surface area contributed by atoms with Gasteiger partial charge in [-0.15, -0.1) is 0 Å². The highest BCUT2D eigenvalue weighted by molar-refractivity contribution is 7.89. The molecule has 3 aromatic rings. The number of hydrogen-bond acceptors (Lipinski definition) is 5. The van der Waals surface area contributed by atoms with Gasteiger partial charge in [-0.05, 0) is 51.0 Å². The fourth-order valence-corrected chi connectivity index (χ4v) is 7.03. The molecule has 0 aliphatic carbocycles. The number of halogens is 1. The summed E-state index contributed by atoms with van der Waals surface area (Å²) in [6, 6.07) is 5.66. The van der Waals surface area contributed by atoms with E-state index in [0.29, 0.717) is 28.5 Å². The fourth-order valence-electron chi connectivity index (χ4n) is 4.77. The first-order valence-electron chi connectivity index (χ1n) is 9.93. The zero-order valence-electron chi connectivity index (χ0n) is 17.0. The number of sulfonamides is 1. The van der Waals surface area contributed by atoms with E-state index in [0.717, 1.165) is 29.7 Å². The molecule has 0 amide bonds. The van der Waals surface area contributed by atoms with Crippen molar-refractivity contribution in [2.45, 2.75) is 50.1 Å². The Hall–Kier alpha value is -2.65. The first-order valence-corrected chi connectivity index (χ1v) is 11.4. The summed E-state index contributed by atoms with van der Waals surface area (Å²) in [5.74, 6) is 0.222. The minimum atomic E-state index is -3.70. The van der Waals surface area contributed by atoms with Gasteiger partial charge in [0.1, 0.15) is 10.7 Å². The summed E-state index contributed by atoms with van der Waals surface area (Å²) in [6.07, 6.45) is 3.80. The average molecular weight is 428 g/mol. The largest absolute Gasteiger partial charge is 0.271 e. The first kappa shape index (κ1) is 19.3. The Morgan fingerprint density at radius 2 is 1.87 bits per heavy atom. The predicted molar refractivity (Wildman–Crippen MR) is 109 cm³/mol. The number of fused-ring (bicyclic) bond motifs is 4. The molecule has 30 heavy (non-hydrogen) atoms. The molecule has 5 rings (SSSR count). The Kier molecular flexibility index (Phi) is 4.30. The highest BCUT2D eigenvalue weighted by atomic mass is 32.2. The second-order valence-electron chi connectivity index (χ2n) is 8.01. The molecule has 0 spiro atoms. The highest BCUT2D eigenvalue weighted by Gasteiger charge is 2.48. The summed E-state index contributed by atoms with van der Waals surface area (Å²) >= 11 is 0. The molecule has 1 saturated heterocycles. The third-order valence-corrected chi connectivity index (χ3v) is 8.42. The molecule has 0 saturated carbocycles. The normalized spacial score (nSPS) is 21.1. The summed E-state index contributed by atoms with van der Waals surface area (Å²) in [4.78, 5) is 9.48. The van der Waals surface area contributed by atoms with E-state index in [1.54, 1.807) is 48.2 Å². The standard InChI is InChI=1S/C21H22FN5O2S/c1-12-20(13(2)26(3)25-12)30(28,29)27-16-8-9-19(27)17-11-23-21(24-18(17)10-16)14-4-6-15(22)7-5-14/h4-7,11,16,19H,8-10H2,1-3H3/t16-,19+/m0/s1. The molecule has 2 aliphatic rings. The van der Waals surface area contributed by atoms with Gasteiger partial charge in [0.25, 0.3) is 0 Å². The molecule has 7 nitrogen and oxygen atoms in total. The molecule has 1 fully saturated rings. The van der Waals surface area contributed by atoms with Gasteiger partial charge in [-0.25, -0.2) is 22.8 Å². The molecular formula is C21H22FN5O2S. The van der Waals surface area contributed by atoms with Crippen molar-refractivity contribution in [2.75, 3.05) is 0 Å². The number of rotatable bonds is 3. The van der Waals surface area contributed by atoms with Crippen molar-refractivity contribution in [3.8, 4) is 11.4 Å². The van der Waals surface area contributed by atoms with Crippen LogP contribution in [0.3, 0.4) is 0 Å². The predicted octanol–water partition coefficient (Wildman–Crippen LogP) is 3.08. The summed E-state index contributed by atoms with van der Waals surface area (Å²) in [5.41, 5.74) is 3.63. The van der Waals surface area contributed by atoms with Crippen molar-refractivity contribution in [3.63, 3.8) is 0 Å². The zero-order valence-corrected chi connectivity index (χ0v) is 17.8. The van der Waals surface area contributed by atoms with Crippen LogP contribution in [-0.4, -0.2) is 38.5 Å². The number of aryl methyl sites for hydroxylation is 2. The van der Waals surface area contributed by atoms with Crippen molar-refractivity contribution in [1.82, 2.24) is 24.1 Å². The van der Waals surface area contributed by atoms with Gasteiger partial charge in [0.05, 0.1) is 23.1 Å². The van der Waals surface area contributed by atoms with Crippen LogP contribution in [0.5, 0.6) is 0 Å². The van der Waals surface area contributed by atoms with E-state index < -0.39 is 10.0 Å². The maximum atomic E-state index is 13.6. The highest BCUT2D eigenvalue weighted by Crippen LogP contribution is 2.46. The SMILES string of the molecule is Cc1nn(C)c(C)c1S(=O)(=O)N1[C@H]2CC[C@@H]1c1cnc(-c3ccc(F)cc3)nc1C2. The lowest BCUT2D eigenvalue weighted by Crippen LogP contribution is -2.42. The number of hydrogen-bond donors (Lipinski definition) is 0. The van der Waals surface area contributed by atoms with E-state index in [1.165, 1.54) is 12.1 Å². The molecule has 9 heteroatoms. The molecule has 156 valence electrons. The van der Waals surface area contributed by atoms with E-state index in [9.17, 15) is 12.8 Å². The van der Waals surface area contributed by atoms with Crippen molar-refractivity contribution in [2.24, 2.45) is 7.05 Å². The minimum Gasteiger partial charge on any atom is -0.271 e. The molecular weight excluding hydrogens is 405 g/mol. The van der Waals surface area contributed by atoms with Gasteiger partial charge in [0.15, 0.2) is 5.82 Å². The molecule has 4 heterocycles. The van der Waals surface area contributed by atoms with Crippen LogP contribution in [0.15, 0.2) is 35.4 Å². The van der Waals surface area contributed by atoms with Gasteiger partial charge in [-0.3, -0.25) is 4.68 Å². The molecule has 0 unspecified atom stereocenters. The molecule has 2 aromatic heterocycles. The minimum absolute atomic E-state index is 0.137. The Balaban J connectivity index is 1.55. The number of benzene rings is 1. The quantitative estimate of drug-likeness (QED) is 0.642. The summed E-state index contributed by atoms with van der Waals surface area (Å²) in [6.45, 7) is 3.52. The van der Waals surface area contributed by atoms with Gasteiger partial charge in [-0.1, -0.05) is 0 Å². The van der Waals surface area contributed by atoms with Gasteiger partial charge >= 0.3 is 0 Å². The lowest BCUT2D eigenvalue weighted by atomic mass is 10.0. The summed E-state index contributed by atoms with van der Waals surface area (Å²) in [5, 5.41) is 4.30. The van der Waals surface area contributed by atoms with Crippen molar-refractivity contribution >= 4 is 10.0 Å². The van der Waals surface area contributed by atoms with Crippen molar-refractivity contribution in [1.29, 1.82) is 0 Å². The molecule has 2 aliphatic heterocycles. The van der Waals surface area contributed by atoms with Crippen LogP contribution in [0, 0.1) is 19.7 Å². The Morgan fingerprint density at radius 1 is 1.13 bits per heavy atom. The van der Waals surface area contributed by atoms with Crippen LogP contribution in [0.2, 0.25) is 0 Å². The van der Waals surface area contributed by atoms with Crippen LogP contribution < -0.4 is 0 Å². The topological polar surface area (TPSA) is 81.0 Å². The fraction of sp³-hybridized carbons (Fsp3) is 0.381. The van der Waals surface area contributed by atoms with Crippen LogP contribution in [-0.2, 0) is 23.5 Å². The maximum absolute atomic E-state index is 13.6. The van der Waals surface area contributed by atoms with Gasteiger partial charge in [-0.2, -0.15) is 9.40 Å². The Labute approximate surface area is 174 Å². The van der Waals surface area contributed by atoms with Gasteiger partial charge < -0.3 is 0 Å². The third kappa shape index (κ3) is 2.79. The molecule has 0 radical (unpaired) electrons. The third-order valence-electron chi connectivity index (χ3n) is 6.21. The Morgan fingerprint density at radius 3 is 2.53 bits per heavy atom. The summed E-state index contributed by atoms with van der Waals surface area (Å²) in [7, 11) is -1.94. The molecule has 0 N–H and O–H groups in total. The second-order valence-corrected chi connectivity index (χ2v) is 9.79. The van der Waals surface area contributed by atoms with E-state index in [-0.39, 0.29) is 17.9 Å². The molecule has 2 atom stereocenters. The first-order chi connectivity index (χ1) is 14.3. The van der Waals surface area contributed by atoms with E-state index >= 15 is 0 Å². The zero-order chi connectivity index (χ0) is 21.2. The van der Waals surface area contributed by atoms with E-state index in [1.807, 2.05) is 0 Å².